The molecule has 0 spiro atoms. The summed E-state index contributed by atoms with van der Waals surface area (Å²) in [6, 6.07) is 0. The number of nitrogens with zero attached hydrogens (tertiary/aromatic N) is 4. The van der Waals surface area contributed by atoms with E-state index in [1.165, 1.54) is 17.8 Å². The average molecular weight is 282 g/mol. The SMILES string of the molecule is CC1(F)C[C@@H](CO)O[C@H]1n1cnc2c(N)nc(N)nc21. The van der Waals surface area contributed by atoms with E-state index in [2.05, 4.69) is 15.0 Å². The normalized spacial score (nSPS) is 30.1. The molecule has 20 heavy (non-hydrogen) atoms. The maximum atomic E-state index is 14.6. The highest BCUT2D eigenvalue weighted by Crippen LogP contribution is 2.42. The number of hydrogen-bond donors (Lipinski definition) is 3. The smallest absolute Gasteiger partial charge is 0.224 e. The van der Waals surface area contributed by atoms with Crippen molar-refractivity contribution >= 4 is 22.9 Å². The molecule has 0 saturated carbocycles. The first-order chi connectivity index (χ1) is 9.42. The van der Waals surface area contributed by atoms with Gasteiger partial charge in [-0.3, -0.25) is 4.57 Å². The van der Waals surface area contributed by atoms with Crippen molar-refractivity contribution in [1.82, 2.24) is 19.5 Å². The van der Waals surface area contributed by atoms with Crippen molar-refractivity contribution in [2.75, 3.05) is 18.1 Å². The van der Waals surface area contributed by atoms with Gasteiger partial charge in [0.1, 0.15) is 5.52 Å². The predicted octanol–water partition coefficient (Wildman–Crippen LogP) is -0.00130. The van der Waals surface area contributed by atoms with Crippen LogP contribution in [-0.2, 0) is 4.74 Å². The van der Waals surface area contributed by atoms with Crippen LogP contribution >= 0.6 is 0 Å². The number of nitrogen functional groups attached to an aromatic ring is 2. The minimum atomic E-state index is -1.66. The van der Waals surface area contributed by atoms with Gasteiger partial charge in [-0.2, -0.15) is 9.97 Å². The van der Waals surface area contributed by atoms with Crippen LogP contribution in [0, 0.1) is 0 Å². The highest BCUT2D eigenvalue weighted by molar-refractivity contribution is 5.82. The van der Waals surface area contributed by atoms with Crippen LogP contribution in [0.15, 0.2) is 6.33 Å². The lowest BCUT2D eigenvalue weighted by Gasteiger charge is -2.22. The minimum absolute atomic E-state index is 0.0194. The van der Waals surface area contributed by atoms with Crippen molar-refractivity contribution in [2.24, 2.45) is 0 Å². The first-order valence-corrected chi connectivity index (χ1v) is 6.13. The standard InChI is InChI=1S/C11H15FN6O2/c1-11(12)2-5(3-19)20-9(11)18-4-15-6-7(13)16-10(14)17-8(6)18/h4-5,9,19H,2-3H2,1H3,(H4,13,14,16,17)/t5-,9+,11?/m0/s1. The zero-order valence-electron chi connectivity index (χ0n) is 10.8. The number of rotatable bonds is 2. The van der Waals surface area contributed by atoms with E-state index in [9.17, 15) is 4.39 Å². The number of halogens is 1. The molecule has 0 bridgehead atoms. The number of imidazole rings is 1. The Hall–Kier alpha value is -2.00. The fraction of sp³-hybridized carbons (Fsp3) is 0.545. The van der Waals surface area contributed by atoms with Gasteiger partial charge >= 0.3 is 0 Å². The number of aliphatic hydroxyl groups excluding tert-OH is 1. The quantitative estimate of drug-likeness (QED) is 0.707. The number of hydrogen-bond acceptors (Lipinski definition) is 7. The minimum Gasteiger partial charge on any atom is -0.394 e. The summed E-state index contributed by atoms with van der Waals surface area (Å²) in [7, 11) is 0. The Balaban J connectivity index is 2.11. The Morgan fingerprint density at radius 1 is 1.55 bits per heavy atom. The van der Waals surface area contributed by atoms with Crippen molar-refractivity contribution < 1.29 is 14.2 Å². The first kappa shape index (κ1) is 13.0. The van der Waals surface area contributed by atoms with Gasteiger partial charge in [0.15, 0.2) is 23.4 Å². The Morgan fingerprint density at radius 2 is 2.30 bits per heavy atom. The number of aromatic nitrogens is 4. The summed E-state index contributed by atoms with van der Waals surface area (Å²) in [5.41, 5.74) is 10.3. The molecule has 0 aliphatic carbocycles. The summed E-state index contributed by atoms with van der Waals surface area (Å²) in [5, 5.41) is 9.13. The van der Waals surface area contributed by atoms with E-state index < -0.39 is 18.0 Å². The summed E-state index contributed by atoms with van der Waals surface area (Å²) in [4.78, 5) is 11.9. The molecule has 1 aliphatic rings. The zero-order chi connectivity index (χ0) is 14.5. The van der Waals surface area contributed by atoms with Gasteiger partial charge in [-0.1, -0.05) is 0 Å². The van der Waals surface area contributed by atoms with Crippen molar-refractivity contribution in [3.63, 3.8) is 0 Å². The third kappa shape index (κ3) is 1.86. The predicted molar refractivity (Wildman–Crippen MR) is 69.3 cm³/mol. The van der Waals surface area contributed by atoms with Crippen LogP contribution in [0.2, 0.25) is 0 Å². The Bertz CT molecular complexity index is 658. The van der Waals surface area contributed by atoms with Crippen molar-refractivity contribution in [1.29, 1.82) is 0 Å². The number of fused-ring (bicyclic) bond motifs is 1. The van der Waals surface area contributed by atoms with Gasteiger partial charge in [0, 0.05) is 6.42 Å². The van der Waals surface area contributed by atoms with E-state index in [-0.39, 0.29) is 24.8 Å². The molecule has 2 aromatic rings. The number of ether oxygens (including phenoxy) is 1. The van der Waals surface area contributed by atoms with Gasteiger partial charge in [-0.05, 0) is 6.92 Å². The van der Waals surface area contributed by atoms with E-state index in [0.717, 1.165) is 0 Å². The molecule has 9 heteroatoms. The first-order valence-electron chi connectivity index (χ1n) is 6.13. The molecule has 108 valence electrons. The number of anilines is 2. The molecule has 1 fully saturated rings. The van der Waals surface area contributed by atoms with Crippen LogP contribution in [0.4, 0.5) is 16.2 Å². The van der Waals surface area contributed by atoms with Crippen molar-refractivity contribution in [3.05, 3.63) is 6.33 Å². The second kappa shape index (κ2) is 4.25. The Kier molecular flexibility index (Phi) is 2.76. The van der Waals surface area contributed by atoms with Gasteiger partial charge in [-0.15, -0.1) is 0 Å². The van der Waals surface area contributed by atoms with E-state index in [1.807, 2.05) is 0 Å². The van der Waals surface area contributed by atoms with Crippen molar-refractivity contribution in [3.8, 4) is 0 Å². The van der Waals surface area contributed by atoms with E-state index in [1.54, 1.807) is 0 Å². The van der Waals surface area contributed by atoms with Gasteiger partial charge in [0.2, 0.25) is 5.95 Å². The summed E-state index contributed by atoms with van der Waals surface area (Å²) in [6.45, 7) is 1.16. The van der Waals surface area contributed by atoms with Gasteiger partial charge in [-0.25, -0.2) is 9.37 Å². The van der Waals surface area contributed by atoms with Gasteiger partial charge in [0.05, 0.1) is 19.0 Å². The molecule has 3 rings (SSSR count). The molecule has 5 N–H and O–H groups in total. The molecule has 0 radical (unpaired) electrons. The average Bonchev–Trinajstić information content (AvgIpc) is 2.89. The van der Waals surface area contributed by atoms with E-state index in [4.69, 9.17) is 21.3 Å². The van der Waals surface area contributed by atoms with Crippen molar-refractivity contribution in [2.45, 2.75) is 31.3 Å². The molecule has 1 saturated heterocycles. The molecule has 0 amide bonds. The molecule has 3 heterocycles. The molecule has 2 aromatic heterocycles. The van der Waals surface area contributed by atoms with E-state index in [0.29, 0.717) is 11.2 Å². The van der Waals surface area contributed by atoms with Crippen LogP contribution in [-0.4, -0.2) is 43.0 Å². The molecule has 8 nitrogen and oxygen atoms in total. The van der Waals surface area contributed by atoms with Gasteiger partial charge in [0.25, 0.3) is 0 Å². The van der Waals surface area contributed by atoms with Crippen LogP contribution in [0.1, 0.15) is 19.6 Å². The van der Waals surface area contributed by atoms with Crippen LogP contribution < -0.4 is 11.5 Å². The second-order valence-electron chi connectivity index (χ2n) is 5.07. The van der Waals surface area contributed by atoms with E-state index >= 15 is 0 Å². The maximum Gasteiger partial charge on any atom is 0.224 e. The third-order valence-corrected chi connectivity index (χ3v) is 3.39. The number of nitrogens with two attached hydrogens (primary N) is 2. The fourth-order valence-corrected chi connectivity index (χ4v) is 2.51. The van der Waals surface area contributed by atoms with Gasteiger partial charge < -0.3 is 21.3 Å². The highest BCUT2D eigenvalue weighted by Gasteiger charge is 2.47. The number of alkyl halides is 1. The summed E-state index contributed by atoms with van der Waals surface area (Å²) in [5.74, 6) is 0.109. The Morgan fingerprint density at radius 3 is 2.95 bits per heavy atom. The lowest BCUT2D eigenvalue weighted by Crippen LogP contribution is -2.27. The largest absolute Gasteiger partial charge is 0.394 e. The summed E-state index contributed by atoms with van der Waals surface area (Å²) < 4.78 is 21.6. The third-order valence-electron chi connectivity index (χ3n) is 3.39. The Labute approximate surface area is 113 Å². The maximum absolute atomic E-state index is 14.6. The van der Waals surface area contributed by atoms with Crippen LogP contribution in [0.3, 0.4) is 0 Å². The summed E-state index contributed by atoms with van der Waals surface area (Å²) >= 11 is 0. The molecule has 3 atom stereocenters. The lowest BCUT2D eigenvalue weighted by atomic mass is 10.0. The lowest BCUT2D eigenvalue weighted by molar-refractivity contribution is -0.0565. The summed E-state index contributed by atoms with van der Waals surface area (Å²) in [6.07, 6.45) is -0.0382. The molecule has 0 aromatic carbocycles. The molecular weight excluding hydrogens is 267 g/mol. The molecule has 1 aliphatic heterocycles. The van der Waals surface area contributed by atoms with Crippen LogP contribution in [0.25, 0.3) is 11.2 Å². The monoisotopic (exact) mass is 282 g/mol. The number of aliphatic hydroxyl groups is 1. The topological polar surface area (TPSA) is 125 Å². The highest BCUT2D eigenvalue weighted by atomic mass is 19.1. The zero-order valence-corrected chi connectivity index (χ0v) is 10.8. The van der Waals surface area contributed by atoms with Crippen LogP contribution in [0.5, 0.6) is 0 Å². The second-order valence-corrected chi connectivity index (χ2v) is 5.07. The molecular formula is C11H15FN6O2. The fourth-order valence-electron chi connectivity index (χ4n) is 2.51. The molecule has 1 unspecified atom stereocenters.